The summed E-state index contributed by atoms with van der Waals surface area (Å²) in [5.41, 5.74) is 2.16. The molecule has 2 aromatic carbocycles. The second kappa shape index (κ2) is 10.5. The molecule has 11 heteroatoms. The fraction of sp³-hybridized carbons (Fsp3) is 0.273. The normalized spacial score (nSPS) is 11.4. The summed E-state index contributed by atoms with van der Waals surface area (Å²) in [5, 5.41) is 5.01. The zero-order valence-corrected chi connectivity index (χ0v) is 18.9. The van der Waals surface area contributed by atoms with Gasteiger partial charge in [0.1, 0.15) is 17.2 Å². The fourth-order valence-corrected chi connectivity index (χ4v) is 3.76. The lowest BCUT2D eigenvalue weighted by Gasteiger charge is -2.16. The van der Waals surface area contributed by atoms with E-state index < -0.39 is 6.36 Å². The highest BCUT2D eigenvalue weighted by atomic mass is 32.1. The number of halogens is 3. The van der Waals surface area contributed by atoms with Crippen LogP contribution in [0.3, 0.4) is 0 Å². The molecule has 3 aromatic rings. The summed E-state index contributed by atoms with van der Waals surface area (Å²) in [6.07, 6.45) is -4.73. The highest BCUT2D eigenvalue weighted by Gasteiger charge is 2.30. The molecule has 0 aliphatic heterocycles. The lowest BCUT2D eigenvalue weighted by Crippen LogP contribution is -2.29. The van der Waals surface area contributed by atoms with Gasteiger partial charge in [0.25, 0.3) is 0 Å². The molecule has 0 saturated carbocycles. The number of hydrogen-bond donors (Lipinski definition) is 1. The average molecular weight is 481 g/mol. The summed E-state index contributed by atoms with van der Waals surface area (Å²) in [4.78, 5) is 18.6. The number of amides is 1. The van der Waals surface area contributed by atoms with E-state index in [0.29, 0.717) is 28.9 Å². The van der Waals surface area contributed by atoms with Crippen molar-refractivity contribution in [2.75, 3.05) is 33.1 Å². The second-order valence-electron chi connectivity index (χ2n) is 7.02. The van der Waals surface area contributed by atoms with Gasteiger partial charge in [0.2, 0.25) is 5.91 Å². The molecule has 0 fully saturated rings. The molecule has 1 aromatic heterocycles. The van der Waals surface area contributed by atoms with Crippen LogP contribution in [0.25, 0.3) is 11.3 Å². The van der Waals surface area contributed by atoms with Crippen molar-refractivity contribution in [2.45, 2.75) is 12.9 Å². The van der Waals surface area contributed by atoms with Gasteiger partial charge in [0, 0.05) is 23.6 Å². The number of ether oxygens (including phenoxy) is 3. The molecule has 3 rings (SSSR count). The first kappa shape index (κ1) is 24.3. The van der Waals surface area contributed by atoms with Gasteiger partial charge in [-0.3, -0.25) is 9.69 Å². The van der Waals surface area contributed by atoms with Gasteiger partial charge < -0.3 is 19.5 Å². The zero-order chi connectivity index (χ0) is 24.0. The van der Waals surface area contributed by atoms with Crippen molar-refractivity contribution in [2.24, 2.45) is 0 Å². The zero-order valence-electron chi connectivity index (χ0n) is 18.1. The number of benzene rings is 2. The third-order valence-electron chi connectivity index (χ3n) is 4.46. The topological polar surface area (TPSA) is 72.9 Å². The lowest BCUT2D eigenvalue weighted by atomic mass is 10.1. The van der Waals surface area contributed by atoms with Crippen LogP contribution in [0.2, 0.25) is 0 Å². The van der Waals surface area contributed by atoms with Crippen molar-refractivity contribution in [1.82, 2.24) is 9.88 Å². The molecule has 0 spiro atoms. The summed E-state index contributed by atoms with van der Waals surface area (Å²) < 4.78 is 51.2. The number of anilines is 1. The van der Waals surface area contributed by atoms with Crippen LogP contribution in [0.1, 0.15) is 5.56 Å². The molecule has 1 heterocycles. The number of methoxy groups -OCH3 is 2. The summed E-state index contributed by atoms with van der Waals surface area (Å²) in [6.45, 7) is 0.438. The van der Waals surface area contributed by atoms with Crippen molar-refractivity contribution in [3.05, 3.63) is 53.4 Å². The molecule has 0 aliphatic rings. The molecular weight excluding hydrogens is 459 g/mol. The molecule has 0 atom stereocenters. The summed E-state index contributed by atoms with van der Waals surface area (Å²) in [5.74, 6) is 0.700. The van der Waals surface area contributed by atoms with E-state index in [4.69, 9.17) is 9.47 Å². The first-order valence-electron chi connectivity index (χ1n) is 9.68. The number of hydrogen-bond acceptors (Lipinski definition) is 7. The Labute approximate surface area is 192 Å². The molecule has 33 heavy (non-hydrogen) atoms. The predicted molar refractivity (Wildman–Crippen MR) is 119 cm³/mol. The number of aromatic nitrogens is 1. The first-order chi connectivity index (χ1) is 15.7. The molecule has 176 valence electrons. The van der Waals surface area contributed by atoms with E-state index in [1.165, 1.54) is 35.6 Å². The number of thiazole rings is 1. The smallest absolute Gasteiger partial charge is 0.497 e. The standard InChI is InChI=1S/C22H22F3N3O4S/c1-28(11-14-4-6-15(7-5-14)32-22(23,24)25)12-20(29)27-21-26-18(13-33-21)17-9-8-16(30-2)10-19(17)31-3/h4-10,13H,11-12H2,1-3H3,(H,26,27,29). The Morgan fingerprint density at radius 3 is 2.42 bits per heavy atom. The number of alkyl halides is 3. The third kappa shape index (κ3) is 7.09. The van der Waals surface area contributed by atoms with Gasteiger partial charge in [-0.25, -0.2) is 4.98 Å². The van der Waals surface area contributed by atoms with Gasteiger partial charge in [0.05, 0.1) is 26.5 Å². The van der Waals surface area contributed by atoms with Crippen LogP contribution < -0.4 is 19.5 Å². The maximum Gasteiger partial charge on any atom is 0.573 e. The summed E-state index contributed by atoms with van der Waals surface area (Å²) in [6, 6.07) is 10.9. The quantitative estimate of drug-likeness (QED) is 0.474. The number of carbonyl (C=O) groups is 1. The minimum Gasteiger partial charge on any atom is -0.497 e. The monoisotopic (exact) mass is 481 g/mol. The molecular formula is C22H22F3N3O4S. The van der Waals surface area contributed by atoms with Gasteiger partial charge in [-0.05, 0) is 36.9 Å². The Morgan fingerprint density at radius 2 is 1.79 bits per heavy atom. The van der Waals surface area contributed by atoms with Crippen LogP contribution in [0, 0.1) is 0 Å². The van der Waals surface area contributed by atoms with Gasteiger partial charge in [-0.15, -0.1) is 24.5 Å². The average Bonchev–Trinajstić information content (AvgIpc) is 3.21. The minimum atomic E-state index is -4.73. The molecule has 0 radical (unpaired) electrons. The molecule has 1 N–H and O–H groups in total. The van der Waals surface area contributed by atoms with Crippen molar-refractivity contribution in [3.63, 3.8) is 0 Å². The van der Waals surface area contributed by atoms with Crippen LogP contribution in [0.15, 0.2) is 47.8 Å². The molecule has 0 unspecified atom stereocenters. The van der Waals surface area contributed by atoms with Crippen molar-refractivity contribution in [3.8, 4) is 28.5 Å². The van der Waals surface area contributed by atoms with E-state index >= 15 is 0 Å². The van der Waals surface area contributed by atoms with Crippen LogP contribution in [0.5, 0.6) is 17.2 Å². The summed E-state index contributed by atoms with van der Waals surface area (Å²) in [7, 11) is 4.86. The maximum absolute atomic E-state index is 12.4. The van der Waals surface area contributed by atoms with E-state index in [1.54, 1.807) is 38.3 Å². The highest BCUT2D eigenvalue weighted by Crippen LogP contribution is 2.34. The number of nitrogens with zero attached hydrogens (tertiary/aromatic N) is 2. The Bertz CT molecular complexity index is 1090. The number of likely N-dealkylation sites (N-methyl/N-ethyl adjacent to an activating group) is 1. The van der Waals surface area contributed by atoms with E-state index in [9.17, 15) is 18.0 Å². The Kier molecular flexibility index (Phi) is 7.77. The van der Waals surface area contributed by atoms with Crippen molar-refractivity contribution in [1.29, 1.82) is 0 Å². The highest BCUT2D eigenvalue weighted by molar-refractivity contribution is 7.14. The minimum absolute atomic E-state index is 0.0710. The van der Waals surface area contributed by atoms with Gasteiger partial charge in [-0.1, -0.05) is 12.1 Å². The van der Waals surface area contributed by atoms with Crippen LogP contribution in [-0.4, -0.2) is 50.0 Å². The maximum atomic E-state index is 12.4. The second-order valence-corrected chi connectivity index (χ2v) is 7.87. The Balaban J connectivity index is 1.55. The third-order valence-corrected chi connectivity index (χ3v) is 5.22. The molecule has 0 saturated heterocycles. The number of nitrogens with one attached hydrogen (secondary N) is 1. The van der Waals surface area contributed by atoms with Crippen molar-refractivity contribution < 1.29 is 32.2 Å². The molecule has 7 nitrogen and oxygen atoms in total. The number of carbonyl (C=O) groups excluding carboxylic acids is 1. The lowest BCUT2D eigenvalue weighted by molar-refractivity contribution is -0.274. The van der Waals surface area contributed by atoms with Gasteiger partial charge in [-0.2, -0.15) is 0 Å². The SMILES string of the molecule is COc1ccc(-c2csc(NC(=O)CN(C)Cc3ccc(OC(F)(F)F)cc3)n2)c(OC)c1. The van der Waals surface area contributed by atoms with E-state index in [1.807, 2.05) is 11.4 Å². The predicted octanol–water partition coefficient (Wildman–Crippen LogP) is 4.80. The van der Waals surface area contributed by atoms with E-state index in [-0.39, 0.29) is 18.2 Å². The van der Waals surface area contributed by atoms with Crippen LogP contribution in [0.4, 0.5) is 18.3 Å². The van der Waals surface area contributed by atoms with E-state index in [2.05, 4.69) is 15.0 Å². The summed E-state index contributed by atoms with van der Waals surface area (Å²) >= 11 is 1.28. The molecule has 1 amide bonds. The number of rotatable bonds is 9. The van der Waals surface area contributed by atoms with Crippen LogP contribution in [-0.2, 0) is 11.3 Å². The van der Waals surface area contributed by atoms with Gasteiger partial charge >= 0.3 is 6.36 Å². The van der Waals surface area contributed by atoms with Crippen LogP contribution >= 0.6 is 11.3 Å². The largest absolute Gasteiger partial charge is 0.573 e. The van der Waals surface area contributed by atoms with Gasteiger partial charge in [0.15, 0.2) is 5.13 Å². The molecule has 0 bridgehead atoms. The Hall–Kier alpha value is -3.31. The fourth-order valence-electron chi connectivity index (χ4n) is 3.03. The Morgan fingerprint density at radius 1 is 1.09 bits per heavy atom. The first-order valence-corrected chi connectivity index (χ1v) is 10.6. The van der Waals surface area contributed by atoms with Crippen molar-refractivity contribution >= 4 is 22.4 Å². The molecule has 0 aliphatic carbocycles. The van der Waals surface area contributed by atoms with E-state index in [0.717, 1.165) is 11.1 Å².